The van der Waals surface area contributed by atoms with Gasteiger partial charge in [0.25, 0.3) is 0 Å². The Kier molecular flexibility index (Phi) is 1.70. The molecule has 2 aromatic rings. The van der Waals surface area contributed by atoms with E-state index in [0.717, 1.165) is 4.68 Å². The largest absolute Gasteiger partial charge is 0.384 e. The van der Waals surface area contributed by atoms with E-state index in [9.17, 15) is 4.79 Å². The molecule has 2 rings (SSSR count). The lowest BCUT2D eigenvalue weighted by Gasteiger charge is -1.97. The number of aromatic nitrogens is 3. The summed E-state index contributed by atoms with van der Waals surface area (Å²) in [5.74, 6) is 5.95. The molecule has 2 aromatic heterocycles. The number of anilines is 1. The summed E-state index contributed by atoms with van der Waals surface area (Å²) in [7, 11) is 0. The van der Waals surface area contributed by atoms with E-state index in [1.54, 1.807) is 10.6 Å². The molecule has 0 aliphatic heterocycles. The standard InChI is InChI=1S/C8H11N5O/c1-2-12-5-3-7(9)11-4-6(5)13(10)8(12)14/h3-4H,2,10H2,1H3,(H2,9,11). The quantitative estimate of drug-likeness (QED) is 0.598. The molecule has 0 fully saturated rings. The van der Waals surface area contributed by atoms with Crippen LogP contribution in [0.15, 0.2) is 17.1 Å². The maximum Gasteiger partial charge on any atom is 0.347 e. The number of nitrogens with zero attached hydrogens (tertiary/aromatic N) is 3. The van der Waals surface area contributed by atoms with Crippen molar-refractivity contribution in [3.05, 3.63) is 22.7 Å². The Morgan fingerprint density at radius 2 is 2.21 bits per heavy atom. The van der Waals surface area contributed by atoms with Gasteiger partial charge >= 0.3 is 5.69 Å². The van der Waals surface area contributed by atoms with Crippen molar-refractivity contribution < 1.29 is 0 Å². The van der Waals surface area contributed by atoms with E-state index in [0.29, 0.717) is 23.4 Å². The Labute approximate surface area is 79.7 Å². The zero-order valence-corrected chi connectivity index (χ0v) is 7.77. The van der Waals surface area contributed by atoms with Crippen LogP contribution in [0.2, 0.25) is 0 Å². The summed E-state index contributed by atoms with van der Waals surface area (Å²) in [5, 5.41) is 0. The summed E-state index contributed by atoms with van der Waals surface area (Å²) in [6.45, 7) is 2.43. The lowest BCUT2D eigenvalue weighted by molar-refractivity contribution is 0.726. The fraction of sp³-hybridized carbons (Fsp3) is 0.250. The molecule has 0 aliphatic carbocycles. The minimum absolute atomic E-state index is 0.255. The summed E-state index contributed by atoms with van der Waals surface area (Å²) < 4.78 is 2.62. The Morgan fingerprint density at radius 1 is 1.50 bits per heavy atom. The molecule has 74 valence electrons. The van der Waals surface area contributed by atoms with Crippen LogP contribution >= 0.6 is 0 Å². The molecule has 6 nitrogen and oxygen atoms in total. The first kappa shape index (κ1) is 8.61. The van der Waals surface area contributed by atoms with Gasteiger partial charge in [0.15, 0.2) is 0 Å². The third kappa shape index (κ3) is 0.968. The lowest BCUT2D eigenvalue weighted by Crippen LogP contribution is -2.28. The monoisotopic (exact) mass is 193 g/mol. The second-order valence-corrected chi connectivity index (χ2v) is 2.99. The minimum Gasteiger partial charge on any atom is -0.384 e. The van der Waals surface area contributed by atoms with E-state index < -0.39 is 0 Å². The van der Waals surface area contributed by atoms with E-state index in [2.05, 4.69) is 4.98 Å². The summed E-state index contributed by atoms with van der Waals surface area (Å²) in [5.41, 5.74) is 6.58. The van der Waals surface area contributed by atoms with Gasteiger partial charge in [0.2, 0.25) is 0 Å². The Bertz CT molecular complexity index is 538. The number of pyridine rings is 1. The predicted octanol–water partition coefficient (Wildman–Crippen LogP) is -0.486. The molecule has 0 aromatic carbocycles. The fourth-order valence-electron chi connectivity index (χ4n) is 1.50. The highest BCUT2D eigenvalue weighted by Crippen LogP contribution is 2.12. The number of nitrogen functional groups attached to an aromatic ring is 2. The van der Waals surface area contributed by atoms with Crippen LogP contribution in [0.25, 0.3) is 11.0 Å². The zero-order chi connectivity index (χ0) is 10.3. The van der Waals surface area contributed by atoms with Gasteiger partial charge in [-0.1, -0.05) is 0 Å². The van der Waals surface area contributed by atoms with Gasteiger partial charge < -0.3 is 11.6 Å². The Hall–Kier alpha value is -1.98. The highest BCUT2D eigenvalue weighted by molar-refractivity contribution is 5.77. The van der Waals surface area contributed by atoms with E-state index in [-0.39, 0.29) is 5.69 Å². The summed E-state index contributed by atoms with van der Waals surface area (Å²) in [4.78, 5) is 15.4. The SMILES string of the molecule is CCn1c(=O)n(N)c2cnc(N)cc21. The van der Waals surface area contributed by atoms with Crippen molar-refractivity contribution in [3.8, 4) is 0 Å². The average Bonchev–Trinajstić information content (AvgIpc) is 2.39. The van der Waals surface area contributed by atoms with Gasteiger partial charge in [-0.05, 0) is 6.92 Å². The molecule has 6 heteroatoms. The molecule has 0 bridgehead atoms. The molecule has 14 heavy (non-hydrogen) atoms. The molecular formula is C8H11N5O. The Balaban J connectivity index is 2.96. The normalized spacial score (nSPS) is 10.9. The van der Waals surface area contributed by atoms with Crippen molar-refractivity contribution in [2.45, 2.75) is 13.5 Å². The predicted molar refractivity (Wildman–Crippen MR) is 54.2 cm³/mol. The van der Waals surface area contributed by atoms with Crippen LogP contribution in [0, 0.1) is 0 Å². The first-order valence-electron chi connectivity index (χ1n) is 4.27. The smallest absolute Gasteiger partial charge is 0.347 e. The Morgan fingerprint density at radius 3 is 2.86 bits per heavy atom. The highest BCUT2D eigenvalue weighted by Gasteiger charge is 2.09. The van der Waals surface area contributed by atoms with Crippen LogP contribution in [0.4, 0.5) is 5.82 Å². The third-order valence-corrected chi connectivity index (χ3v) is 2.19. The average molecular weight is 193 g/mol. The van der Waals surface area contributed by atoms with Crippen LogP contribution in [0.5, 0.6) is 0 Å². The van der Waals surface area contributed by atoms with Gasteiger partial charge in [0.1, 0.15) is 11.3 Å². The summed E-state index contributed by atoms with van der Waals surface area (Å²) >= 11 is 0. The van der Waals surface area contributed by atoms with Crippen molar-refractivity contribution >= 4 is 16.9 Å². The molecule has 4 N–H and O–H groups in total. The first-order valence-corrected chi connectivity index (χ1v) is 4.27. The van der Waals surface area contributed by atoms with Gasteiger partial charge in [-0.15, -0.1) is 0 Å². The van der Waals surface area contributed by atoms with Gasteiger partial charge in [0.05, 0.1) is 11.7 Å². The van der Waals surface area contributed by atoms with E-state index in [1.165, 1.54) is 6.20 Å². The maximum absolute atomic E-state index is 11.6. The third-order valence-electron chi connectivity index (χ3n) is 2.19. The fourth-order valence-corrected chi connectivity index (χ4v) is 1.50. The lowest BCUT2D eigenvalue weighted by atomic mass is 10.4. The molecule has 0 saturated heterocycles. The second-order valence-electron chi connectivity index (χ2n) is 2.99. The van der Waals surface area contributed by atoms with E-state index in [1.807, 2.05) is 6.92 Å². The number of rotatable bonds is 1. The highest BCUT2D eigenvalue weighted by atomic mass is 16.2. The van der Waals surface area contributed by atoms with Crippen LogP contribution in [-0.4, -0.2) is 14.2 Å². The first-order chi connectivity index (χ1) is 6.65. The number of fused-ring (bicyclic) bond motifs is 1. The number of hydrogen-bond donors (Lipinski definition) is 2. The number of hydrogen-bond acceptors (Lipinski definition) is 4. The van der Waals surface area contributed by atoms with Crippen molar-refractivity contribution in [1.82, 2.24) is 14.2 Å². The minimum atomic E-state index is -0.255. The van der Waals surface area contributed by atoms with Crippen LogP contribution in [-0.2, 0) is 6.54 Å². The number of aryl methyl sites for hydroxylation is 1. The van der Waals surface area contributed by atoms with Crippen molar-refractivity contribution in [3.63, 3.8) is 0 Å². The van der Waals surface area contributed by atoms with Crippen molar-refractivity contribution in [2.75, 3.05) is 11.6 Å². The molecule has 0 saturated carbocycles. The summed E-state index contributed by atoms with van der Waals surface area (Å²) in [6.07, 6.45) is 1.50. The molecule has 0 spiro atoms. The van der Waals surface area contributed by atoms with Crippen LogP contribution in [0.1, 0.15) is 6.92 Å². The van der Waals surface area contributed by atoms with E-state index in [4.69, 9.17) is 11.6 Å². The maximum atomic E-state index is 11.6. The zero-order valence-electron chi connectivity index (χ0n) is 7.77. The van der Waals surface area contributed by atoms with Gasteiger partial charge in [-0.2, -0.15) is 0 Å². The molecule has 0 aliphatic rings. The summed E-state index contributed by atoms with van der Waals surface area (Å²) in [6, 6.07) is 1.64. The second kappa shape index (κ2) is 2.76. The van der Waals surface area contributed by atoms with Gasteiger partial charge in [0, 0.05) is 12.6 Å². The van der Waals surface area contributed by atoms with E-state index >= 15 is 0 Å². The van der Waals surface area contributed by atoms with Crippen LogP contribution < -0.4 is 17.3 Å². The molecule has 2 heterocycles. The van der Waals surface area contributed by atoms with Gasteiger partial charge in [-0.3, -0.25) is 4.57 Å². The van der Waals surface area contributed by atoms with Crippen LogP contribution in [0.3, 0.4) is 0 Å². The van der Waals surface area contributed by atoms with Gasteiger partial charge in [-0.25, -0.2) is 14.5 Å². The number of imidazole rings is 1. The molecule has 0 unspecified atom stereocenters. The molecule has 0 amide bonds. The molecule has 0 atom stereocenters. The van der Waals surface area contributed by atoms with Crippen molar-refractivity contribution in [2.24, 2.45) is 0 Å². The topological polar surface area (TPSA) is 91.9 Å². The van der Waals surface area contributed by atoms with Crippen molar-refractivity contribution in [1.29, 1.82) is 0 Å². The molecule has 0 radical (unpaired) electrons. The number of nitrogens with two attached hydrogens (primary N) is 2. The molecular weight excluding hydrogens is 182 g/mol.